The number of esters is 1. The lowest BCUT2D eigenvalue weighted by Gasteiger charge is -2.20. The molecule has 176 valence electrons. The summed E-state index contributed by atoms with van der Waals surface area (Å²) in [5.41, 5.74) is 5.32. The van der Waals surface area contributed by atoms with Gasteiger partial charge in [0.15, 0.2) is 0 Å². The van der Waals surface area contributed by atoms with Crippen LogP contribution < -0.4 is 16.4 Å². The second kappa shape index (κ2) is 15.0. The zero-order valence-electron chi connectivity index (χ0n) is 16.9. The van der Waals surface area contributed by atoms with Crippen LogP contribution in [0.15, 0.2) is 0 Å². The molecule has 0 spiro atoms. The molecule has 0 aromatic rings. The Labute approximate surface area is 182 Å². The number of ether oxygens (including phenoxy) is 1. The van der Waals surface area contributed by atoms with Crippen molar-refractivity contribution in [2.75, 3.05) is 18.9 Å². The van der Waals surface area contributed by atoms with Crippen molar-refractivity contribution >= 4 is 47.5 Å². The SMILES string of the molecule is CCCOC(=O)CNC(=O)C(CSC(CC(=O)O)C(=O)O)NC(=O)CCC(N)C(=O)O. The molecule has 14 heteroatoms. The molecule has 0 bridgehead atoms. The van der Waals surface area contributed by atoms with Crippen LogP contribution in [0.3, 0.4) is 0 Å². The molecule has 0 aromatic heterocycles. The number of hydrogen-bond acceptors (Lipinski definition) is 9. The van der Waals surface area contributed by atoms with Crippen LogP contribution in [0.5, 0.6) is 0 Å². The van der Waals surface area contributed by atoms with Crippen molar-refractivity contribution in [3.63, 3.8) is 0 Å². The molecule has 0 aliphatic heterocycles. The topological polar surface area (TPSA) is 222 Å². The molecule has 7 N–H and O–H groups in total. The molecule has 0 radical (unpaired) electrons. The van der Waals surface area contributed by atoms with Crippen LogP contribution >= 0.6 is 11.8 Å². The predicted molar refractivity (Wildman–Crippen MR) is 107 cm³/mol. The third-order valence-corrected chi connectivity index (χ3v) is 4.92. The van der Waals surface area contributed by atoms with E-state index in [-0.39, 0.29) is 25.2 Å². The van der Waals surface area contributed by atoms with E-state index in [1.807, 2.05) is 0 Å². The zero-order valence-corrected chi connectivity index (χ0v) is 17.7. The van der Waals surface area contributed by atoms with Crippen molar-refractivity contribution in [1.29, 1.82) is 0 Å². The largest absolute Gasteiger partial charge is 0.481 e. The Morgan fingerprint density at radius 3 is 2.23 bits per heavy atom. The van der Waals surface area contributed by atoms with Crippen LogP contribution in [0.2, 0.25) is 0 Å². The predicted octanol–water partition coefficient (Wildman–Crippen LogP) is -1.61. The molecule has 31 heavy (non-hydrogen) atoms. The number of thioether (sulfide) groups is 1. The maximum Gasteiger partial charge on any atom is 0.325 e. The number of nitrogens with two attached hydrogens (primary N) is 1. The van der Waals surface area contributed by atoms with Crippen LogP contribution in [0.4, 0.5) is 0 Å². The first kappa shape index (κ1) is 28.1. The highest BCUT2D eigenvalue weighted by molar-refractivity contribution is 8.00. The van der Waals surface area contributed by atoms with Gasteiger partial charge in [-0.1, -0.05) is 6.92 Å². The molecule has 0 saturated carbocycles. The van der Waals surface area contributed by atoms with Gasteiger partial charge < -0.3 is 36.4 Å². The normalized spacial score (nSPS) is 13.4. The standard InChI is InChI=1S/C17H27N3O10S/c1-2-5-30-14(24)7-19-15(25)10(8-31-11(17(28)29)6-13(22)23)20-12(21)4-3-9(18)16(26)27/h9-11H,2-8,18H2,1H3,(H,19,25)(H,20,21)(H,22,23)(H,26,27)(H,28,29). The Hall–Kier alpha value is -2.87. The summed E-state index contributed by atoms with van der Waals surface area (Å²) >= 11 is 0.623. The fourth-order valence-corrected chi connectivity index (χ4v) is 3.06. The number of carboxylic acids is 3. The molecule has 0 aliphatic carbocycles. The van der Waals surface area contributed by atoms with Crippen molar-refractivity contribution < 1.29 is 48.8 Å². The summed E-state index contributed by atoms with van der Waals surface area (Å²) in [5.74, 6) is -6.64. The Balaban J connectivity index is 5.04. The average molecular weight is 465 g/mol. The Kier molecular flexibility index (Phi) is 13.6. The number of hydrogen-bond donors (Lipinski definition) is 6. The molecule has 3 unspecified atom stereocenters. The monoisotopic (exact) mass is 465 g/mol. The van der Waals surface area contributed by atoms with Crippen molar-refractivity contribution in [2.45, 2.75) is 49.9 Å². The van der Waals surface area contributed by atoms with E-state index in [1.54, 1.807) is 6.92 Å². The van der Waals surface area contributed by atoms with E-state index in [0.29, 0.717) is 18.2 Å². The highest BCUT2D eigenvalue weighted by atomic mass is 32.2. The summed E-state index contributed by atoms with van der Waals surface area (Å²) in [4.78, 5) is 68.7. The van der Waals surface area contributed by atoms with Gasteiger partial charge in [0, 0.05) is 12.2 Å². The Morgan fingerprint density at radius 1 is 1.06 bits per heavy atom. The number of amides is 2. The molecule has 0 aliphatic rings. The van der Waals surface area contributed by atoms with Crippen molar-refractivity contribution in [2.24, 2.45) is 5.73 Å². The minimum absolute atomic E-state index is 0.157. The van der Waals surface area contributed by atoms with Gasteiger partial charge in [-0.15, -0.1) is 11.8 Å². The van der Waals surface area contributed by atoms with Gasteiger partial charge in [0.1, 0.15) is 23.9 Å². The number of carboxylic acid groups (broad SMARTS) is 3. The van der Waals surface area contributed by atoms with Gasteiger partial charge in [0.2, 0.25) is 11.8 Å². The molecular weight excluding hydrogens is 438 g/mol. The lowest BCUT2D eigenvalue weighted by molar-refractivity contribution is -0.144. The average Bonchev–Trinajstić information content (AvgIpc) is 2.69. The van der Waals surface area contributed by atoms with Gasteiger partial charge in [-0.05, 0) is 12.8 Å². The summed E-state index contributed by atoms with van der Waals surface area (Å²) in [6, 6.07) is -2.60. The third kappa shape index (κ3) is 13.1. The highest BCUT2D eigenvalue weighted by Gasteiger charge is 2.27. The molecule has 0 saturated heterocycles. The highest BCUT2D eigenvalue weighted by Crippen LogP contribution is 2.17. The van der Waals surface area contributed by atoms with Crippen LogP contribution in [-0.4, -0.2) is 87.2 Å². The van der Waals surface area contributed by atoms with Crippen LogP contribution in [-0.2, 0) is 33.5 Å². The molecule has 0 rings (SSSR count). The van der Waals surface area contributed by atoms with Crippen LogP contribution in [0.1, 0.15) is 32.6 Å². The molecule has 3 atom stereocenters. The minimum atomic E-state index is -1.41. The number of nitrogens with one attached hydrogen (secondary N) is 2. The first-order valence-electron chi connectivity index (χ1n) is 9.25. The number of aliphatic carboxylic acids is 3. The summed E-state index contributed by atoms with van der Waals surface area (Å²) in [7, 11) is 0. The van der Waals surface area contributed by atoms with Gasteiger partial charge in [0.05, 0.1) is 13.0 Å². The zero-order chi connectivity index (χ0) is 24.0. The van der Waals surface area contributed by atoms with E-state index in [0.717, 1.165) is 0 Å². The summed E-state index contributed by atoms with van der Waals surface area (Å²) in [6.07, 6.45) is -0.659. The summed E-state index contributed by atoms with van der Waals surface area (Å²) < 4.78 is 4.80. The summed E-state index contributed by atoms with van der Waals surface area (Å²) in [5, 5.41) is 29.8. The summed E-state index contributed by atoms with van der Waals surface area (Å²) in [6.45, 7) is 1.45. The molecule has 0 fully saturated rings. The molecular formula is C17H27N3O10S. The molecule has 13 nitrogen and oxygen atoms in total. The second-order valence-corrected chi connectivity index (χ2v) is 7.54. The minimum Gasteiger partial charge on any atom is -0.481 e. The van der Waals surface area contributed by atoms with Crippen LogP contribution in [0, 0.1) is 0 Å². The maximum absolute atomic E-state index is 12.4. The van der Waals surface area contributed by atoms with E-state index < -0.39 is 66.0 Å². The third-order valence-electron chi connectivity index (χ3n) is 3.62. The van der Waals surface area contributed by atoms with Crippen LogP contribution in [0.25, 0.3) is 0 Å². The van der Waals surface area contributed by atoms with Gasteiger partial charge in [-0.3, -0.25) is 28.8 Å². The van der Waals surface area contributed by atoms with E-state index in [2.05, 4.69) is 10.6 Å². The molecule has 2 amide bonds. The molecule has 0 aromatic carbocycles. The maximum atomic E-state index is 12.4. The fourth-order valence-electron chi connectivity index (χ4n) is 2.00. The first-order chi connectivity index (χ1) is 14.5. The quantitative estimate of drug-likeness (QED) is 0.142. The Bertz CT molecular complexity index is 673. The second-order valence-electron chi connectivity index (χ2n) is 6.30. The van der Waals surface area contributed by atoms with Crippen molar-refractivity contribution in [1.82, 2.24) is 10.6 Å². The van der Waals surface area contributed by atoms with Gasteiger partial charge >= 0.3 is 23.9 Å². The lowest BCUT2D eigenvalue weighted by Crippen LogP contribution is -2.50. The number of rotatable bonds is 16. The van der Waals surface area contributed by atoms with Crippen molar-refractivity contribution in [3.8, 4) is 0 Å². The van der Waals surface area contributed by atoms with Crippen molar-refractivity contribution in [3.05, 3.63) is 0 Å². The van der Waals surface area contributed by atoms with Gasteiger partial charge in [-0.25, -0.2) is 0 Å². The molecule has 0 heterocycles. The fraction of sp³-hybridized carbons (Fsp3) is 0.647. The first-order valence-corrected chi connectivity index (χ1v) is 10.3. The number of carbonyl (C=O) groups excluding carboxylic acids is 3. The van der Waals surface area contributed by atoms with E-state index in [9.17, 15) is 28.8 Å². The van der Waals surface area contributed by atoms with Gasteiger partial charge in [-0.2, -0.15) is 0 Å². The van der Waals surface area contributed by atoms with E-state index in [1.165, 1.54) is 0 Å². The lowest BCUT2D eigenvalue weighted by atomic mass is 10.1. The van der Waals surface area contributed by atoms with E-state index >= 15 is 0 Å². The smallest absolute Gasteiger partial charge is 0.325 e. The van der Waals surface area contributed by atoms with E-state index in [4.69, 9.17) is 25.8 Å². The Morgan fingerprint density at radius 2 is 1.71 bits per heavy atom. The van der Waals surface area contributed by atoms with Gasteiger partial charge in [0.25, 0.3) is 0 Å². The number of carbonyl (C=O) groups is 6.